The van der Waals surface area contributed by atoms with Crippen LogP contribution in [0.5, 0.6) is 0 Å². The fourth-order valence-corrected chi connectivity index (χ4v) is 3.86. The molecule has 2 saturated carbocycles. The third kappa shape index (κ3) is 3.23. The number of nitrogens with two attached hydrogens (primary N) is 1. The Morgan fingerprint density at radius 1 is 1.12 bits per heavy atom. The molecule has 2 aliphatic rings. The molecular weight excluding hydrogens is 208 g/mol. The van der Waals surface area contributed by atoms with Gasteiger partial charge >= 0.3 is 0 Å². The molecule has 17 heavy (non-hydrogen) atoms. The summed E-state index contributed by atoms with van der Waals surface area (Å²) < 4.78 is 0. The highest BCUT2D eigenvalue weighted by Crippen LogP contribution is 2.40. The highest BCUT2D eigenvalue weighted by atomic mass is 15.1. The van der Waals surface area contributed by atoms with Crippen molar-refractivity contribution in [1.82, 2.24) is 4.90 Å². The molecule has 2 aliphatic carbocycles. The minimum atomic E-state index is 0.360. The molecule has 2 unspecified atom stereocenters. The molecule has 0 saturated heterocycles. The Kier molecular flexibility index (Phi) is 4.14. The zero-order valence-corrected chi connectivity index (χ0v) is 11.9. The monoisotopic (exact) mass is 238 g/mol. The summed E-state index contributed by atoms with van der Waals surface area (Å²) in [5.41, 5.74) is 6.75. The van der Waals surface area contributed by atoms with Crippen molar-refractivity contribution in [3.63, 3.8) is 0 Å². The van der Waals surface area contributed by atoms with Crippen LogP contribution in [0.2, 0.25) is 0 Å². The van der Waals surface area contributed by atoms with Gasteiger partial charge in [-0.3, -0.25) is 0 Å². The van der Waals surface area contributed by atoms with Gasteiger partial charge in [0.1, 0.15) is 0 Å². The van der Waals surface area contributed by atoms with Crippen molar-refractivity contribution < 1.29 is 0 Å². The Morgan fingerprint density at radius 3 is 2.29 bits per heavy atom. The maximum atomic E-state index is 6.39. The lowest BCUT2D eigenvalue weighted by Crippen LogP contribution is -2.42. The molecule has 0 radical (unpaired) electrons. The van der Waals surface area contributed by atoms with E-state index in [4.69, 9.17) is 5.73 Å². The van der Waals surface area contributed by atoms with Gasteiger partial charge in [0.2, 0.25) is 0 Å². The largest absolute Gasteiger partial charge is 0.327 e. The van der Waals surface area contributed by atoms with Crippen LogP contribution in [-0.2, 0) is 0 Å². The molecule has 0 aromatic heterocycles. The molecule has 2 heteroatoms. The summed E-state index contributed by atoms with van der Waals surface area (Å²) in [7, 11) is 2.29. The maximum absolute atomic E-state index is 6.39. The van der Waals surface area contributed by atoms with Gasteiger partial charge in [0.25, 0.3) is 0 Å². The molecule has 0 amide bonds. The second-order valence-corrected chi connectivity index (χ2v) is 7.18. The van der Waals surface area contributed by atoms with Gasteiger partial charge in [-0.1, -0.05) is 26.7 Å². The zero-order valence-electron chi connectivity index (χ0n) is 11.9. The summed E-state index contributed by atoms with van der Waals surface area (Å²) in [5.74, 6) is 1.68. The van der Waals surface area contributed by atoms with Crippen LogP contribution in [0.15, 0.2) is 0 Å². The number of rotatable bonds is 4. The maximum Gasteiger partial charge on any atom is 0.0131 e. The van der Waals surface area contributed by atoms with Crippen LogP contribution in [0.25, 0.3) is 0 Å². The predicted molar refractivity (Wildman–Crippen MR) is 73.9 cm³/mol. The van der Waals surface area contributed by atoms with E-state index in [1.165, 1.54) is 51.6 Å². The van der Waals surface area contributed by atoms with Crippen molar-refractivity contribution in [2.75, 3.05) is 20.1 Å². The molecule has 2 nitrogen and oxygen atoms in total. The fourth-order valence-electron chi connectivity index (χ4n) is 3.86. The summed E-state index contributed by atoms with van der Waals surface area (Å²) in [4.78, 5) is 2.54. The number of hydrogen-bond donors (Lipinski definition) is 1. The Balaban J connectivity index is 1.76. The third-order valence-corrected chi connectivity index (χ3v) is 5.16. The first-order chi connectivity index (χ1) is 7.99. The van der Waals surface area contributed by atoms with Crippen molar-refractivity contribution in [3.8, 4) is 0 Å². The standard InChI is InChI=1S/C15H30N2/c1-15(2)9-8-13(14(15)16)11-17(3)10-12-6-4-5-7-12/h12-14H,4-11,16H2,1-3H3. The first-order valence-corrected chi connectivity index (χ1v) is 7.43. The van der Waals surface area contributed by atoms with Crippen LogP contribution in [0, 0.1) is 17.3 Å². The fraction of sp³-hybridized carbons (Fsp3) is 1.00. The van der Waals surface area contributed by atoms with Gasteiger partial charge in [-0.2, -0.15) is 0 Å². The smallest absolute Gasteiger partial charge is 0.0131 e. The molecule has 0 aromatic rings. The molecule has 2 N–H and O–H groups in total. The normalized spacial score (nSPS) is 33.7. The molecule has 0 heterocycles. The molecule has 0 bridgehead atoms. The second kappa shape index (κ2) is 5.27. The van der Waals surface area contributed by atoms with Gasteiger partial charge in [0.05, 0.1) is 0 Å². The highest BCUT2D eigenvalue weighted by Gasteiger charge is 2.39. The molecule has 0 spiro atoms. The van der Waals surface area contributed by atoms with Gasteiger partial charge in [0, 0.05) is 19.1 Å². The van der Waals surface area contributed by atoms with E-state index < -0.39 is 0 Å². The van der Waals surface area contributed by atoms with E-state index in [0.29, 0.717) is 11.5 Å². The van der Waals surface area contributed by atoms with E-state index >= 15 is 0 Å². The van der Waals surface area contributed by atoms with Crippen molar-refractivity contribution in [1.29, 1.82) is 0 Å². The van der Waals surface area contributed by atoms with Gasteiger partial charge in [-0.15, -0.1) is 0 Å². The number of hydrogen-bond acceptors (Lipinski definition) is 2. The topological polar surface area (TPSA) is 29.3 Å². The zero-order chi connectivity index (χ0) is 12.5. The Hall–Kier alpha value is -0.0800. The van der Waals surface area contributed by atoms with Crippen molar-refractivity contribution in [2.45, 2.75) is 58.4 Å². The van der Waals surface area contributed by atoms with E-state index in [2.05, 4.69) is 25.8 Å². The van der Waals surface area contributed by atoms with E-state index in [1.807, 2.05) is 0 Å². The summed E-state index contributed by atoms with van der Waals surface area (Å²) in [6.07, 6.45) is 8.43. The summed E-state index contributed by atoms with van der Waals surface area (Å²) in [5, 5.41) is 0. The third-order valence-electron chi connectivity index (χ3n) is 5.16. The van der Waals surface area contributed by atoms with Crippen LogP contribution in [0.3, 0.4) is 0 Å². The lowest BCUT2D eigenvalue weighted by Gasteiger charge is -2.30. The Morgan fingerprint density at radius 2 is 1.76 bits per heavy atom. The molecule has 0 aromatic carbocycles. The van der Waals surface area contributed by atoms with Crippen LogP contribution >= 0.6 is 0 Å². The molecule has 2 fully saturated rings. The first kappa shape index (κ1) is 13.4. The second-order valence-electron chi connectivity index (χ2n) is 7.18. The average molecular weight is 238 g/mol. The molecule has 0 aliphatic heterocycles. The van der Waals surface area contributed by atoms with Crippen molar-refractivity contribution >= 4 is 0 Å². The minimum absolute atomic E-state index is 0.360. The quantitative estimate of drug-likeness (QED) is 0.816. The molecular formula is C15H30N2. The van der Waals surface area contributed by atoms with Gasteiger partial charge in [-0.25, -0.2) is 0 Å². The molecule has 100 valence electrons. The Labute approximate surface area is 107 Å². The van der Waals surface area contributed by atoms with Gasteiger partial charge < -0.3 is 10.6 Å². The van der Waals surface area contributed by atoms with E-state index in [1.54, 1.807) is 0 Å². The van der Waals surface area contributed by atoms with Gasteiger partial charge in [0.15, 0.2) is 0 Å². The van der Waals surface area contributed by atoms with Crippen LogP contribution in [-0.4, -0.2) is 31.1 Å². The van der Waals surface area contributed by atoms with Gasteiger partial charge in [-0.05, 0) is 50.0 Å². The number of nitrogens with zero attached hydrogens (tertiary/aromatic N) is 1. The van der Waals surface area contributed by atoms with Crippen LogP contribution in [0.1, 0.15) is 52.4 Å². The Bertz CT molecular complexity index is 243. The minimum Gasteiger partial charge on any atom is -0.327 e. The van der Waals surface area contributed by atoms with Crippen molar-refractivity contribution in [2.24, 2.45) is 23.0 Å². The lowest BCUT2D eigenvalue weighted by molar-refractivity contribution is 0.212. The van der Waals surface area contributed by atoms with Crippen molar-refractivity contribution in [3.05, 3.63) is 0 Å². The SMILES string of the molecule is CN(CC1CCCC1)CC1CCC(C)(C)C1N. The molecule has 2 atom stereocenters. The van der Waals surface area contributed by atoms with E-state index in [0.717, 1.165) is 11.8 Å². The summed E-state index contributed by atoms with van der Waals surface area (Å²) >= 11 is 0. The highest BCUT2D eigenvalue weighted by molar-refractivity contribution is 4.95. The average Bonchev–Trinajstić information content (AvgIpc) is 2.82. The van der Waals surface area contributed by atoms with E-state index in [-0.39, 0.29) is 0 Å². The van der Waals surface area contributed by atoms with Crippen LogP contribution < -0.4 is 5.73 Å². The summed E-state index contributed by atoms with van der Waals surface area (Å²) in [6.45, 7) is 7.16. The lowest BCUT2D eigenvalue weighted by atomic mass is 9.85. The first-order valence-electron chi connectivity index (χ1n) is 7.43. The van der Waals surface area contributed by atoms with Crippen LogP contribution in [0.4, 0.5) is 0 Å². The van der Waals surface area contributed by atoms with E-state index in [9.17, 15) is 0 Å². The predicted octanol–water partition coefficient (Wildman–Crippen LogP) is 2.87. The molecule has 2 rings (SSSR count). The summed E-state index contributed by atoms with van der Waals surface area (Å²) in [6, 6.07) is 0.397.